The lowest BCUT2D eigenvalue weighted by atomic mass is 9.96. The molecule has 1 fully saturated rings. The zero-order valence-corrected chi connectivity index (χ0v) is 15.1. The van der Waals surface area contributed by atoms with Crippen molar-refractivity contribution in [2.75, 3.05) is 26.2 Å². The molecule has 23 heavy (non-hydrogen) atoms. The van der Waals surface area contributed by atoms with E-state index in [-0.39, 0.29) is 17.9 Å². The molecule has 1 aliphatic heterocycles. The largest absolute Gasteiger partial charge is 0.444 e. The molecule has 0 saturated carbocycles. The Hall–Kier alpha value is -1.50. The summed E-state index contributed by atoms with van der Waals surface area (Å²) in [6.07, 6.45) is -0.792. The van der Waals surface area contributed by atoms with Gasteiger partial charge in [-0.2, -0.15) is 0 Å². The van der Waals surface area contributed by atoms with Crippen molar-refractivity contribution in [3.05, 3.63) is 0 Å². The molecule has 0 aliphatic carbocycles. The Bertz CT molecular complexity index is 426. The number of hydrogen-bond donors (Lipinski definition) is 2. The predicted octanol–water partition coefficient (Wildman–Crippen LogP) is 1.95. The third-order valence-electron chi connectivity index (χ3n) is 3.44. The molecule has 2 amide bonds. The van der Waals surface area contributed by atoms with Gasteiger partial charge in [0.15, 0.2) is 0 Å². The average molecular weight is 329 g/mol. The molecule has 0 spiro atoms. The van der Waals surface area contributed by atoms with Crippen LogP contribution in [0, 0.1) is 11.8 Å². The van der Waals surface area contributed by atoms with Crippen molar-refractivity contribution in [2.45, 2.75) is 52.7 Å². The zero-order valence-electron chi connectivity index (χ0n) is 15.1. The van der Waals surface area contributed by atoms with Crippen LogP contribution < -0.4 is 11.1 Å². The van der Waals surface area contributed by atoms with E-state index in [1.807, 2.05) is 41.5 Å². The fraction of sp³-hybridized carbons (Fsp3) is 0.875. The normalized spacial score (nSPS) is 22.0. The van der Waals surface area contributed by atoms with Gasteiger partial charge in [0, 0.05) is 19.6 Å². The van der Waals surface area contributed by atoms with Gasteiger partial charge in [0.2, 0.25) is 0 Å². The first-order valence-electron chi connectivity index (χ1n) is 8.06. The minimum Gasteiger partial charge on any atom is -0.444 e. The minimum atomic E-state index is -0.532. The second-order valence-corrected chi connectivity index (χ2v) is 8.02. The maximum absolute atomic E-state index is 12.1. The van der Waals surface area contributed by atoms with Gasteiger partial charge in [0.05, 0.1) is 0 Å². The molecule has 3 N–H and O–H groups in total. The van der Waals surface area contributed by atoms with Crippen LogP contribution in [-0.2, 0) is 9.47 Å². The van der Waals surface area contributed by atoms with Crippen LogP contribution in [-0.4, -0.2) is 54.5 Å². The van der Waals surface area contributed by atoms with E-state index < -0.39 is 17.3 Å². The molecule has 2 atom stereocenters. The SMILES string of the molecule is CC(C)(C)OC(=O)NC[C@@H]1CN(C(=O)OC(C)(C)C)C[C@@H]1CN. The van der Waals surface area contributed by atoms with E-state index in [1.54, 1.807) is 4.90 Å². The van der Waals surface area contributed by atoms with Crippen LogP contribution in [0.15, 0.2) is 0 Å². The summed E-state index contributed by atoms with van der Waals surface area (Å²) in [6.45, 7) is 12.9. The molecular weight excluding hydrogens is 298 g/mol. The van der Waals surface area contributed by atoms with Crippen LogP contribution in [0.4, 0.5) is 9.59 Å². The summed E-state index contributed by atoms with van der Waals surface area (Å²) in [5.74, 6) is 0.234. The topological polar surface area (TPSA) is 93.9 Å². The Labute approximate surface area is 138 Å². The number of nitrogens with two attached hydrogens (primary N) is 1. The first-order chi connectivity index (χ1) is 10.4. The van der Waals surface area contributed by atoms with Crippen molar-refractivity contribution in [1.82, 2.24) is 10.2 Å². The molecule has 1 aliphatic rings. The van der Waals surface area contributed by atoms with E-state index in [4.69, 9.17) is 15.2 Å². The van der Waals surface area contributed by atoms with Gasteiger partial charge in [0.1, 0.15) is 11.2 Å². The second kappa shape index (κ2) is 7.38. The molecule has 0 unspecified atom stereocenters. The lowest BCUT2D eigenvalue weighted by molar-refractivity contribution is 0.0284. The maximum Gasteiger partial charge on any atom is 0.410 e. The summed E-state index contributed by atoms with van der Waals surface area (Å²) in [6, 6.07) is 0. The molecule has 0 aromatic carbocycles. The fourth-order valence-corrected chi connectivity index (χ4v) is 2.44. The third kappa shape index (κ3) is 7.07. The quantitative estimate of drug-likeness (QED) is 0.825. The van der Waals surface area contributed by atoms with Crippen molar-refractivity contribution in [3.8, 4) is 0 Å². The molecule has 7 heteroatoms. The Morgan fingerprint density at radius 1 is 1.04 bits per heavy atom. The fourth-order valence-electron chi connectivity index (χ4n) is 2.44. The molecule has 0 bridgehead atoms. The Balaban J connectivity index is 2.53. The van der Waals surface area contributed by atoms with Crippen LogP contribution in [0.1, 0.15) is 41.5 Å². The first-order valence-corrected chi connectivity index (χ1v) is 8.06. The predicted molar refractivity (Wildman–Crippen MR) is 88.1 cm³/mol. The highest BCUT2D eigenvalue weighted by Crippen LogP contribution is 2.24. The number of nitrogens with zero attached hydrogens (tertiary/aromatic N) is 1. The lowest BCUT2D eigenvalue weighted by Crippen LogP contribution is -2.38. The number of hydrogen-bond acceptors (Lipinski definition) is 5. The highest BCUT2D eigenvalue weighted by atomic mass is 16.6. The van der Waals surface area contributed by atoms with Gasteiger partial charge in [0.25, 0.3) is 0 Å². The number of rotatable bonds is 3. The molecule has 134 valence electrons. The van der Waals surface area contributed by atoms with E-state index >= 15 is 0 Å². The van der Waals surface area contributed by atoms with Gasteiger partial charge in [-0.3, -0.25) is 0 Å². The summed E-state index contributed by atoms with van der Waals surface area (Å²) in [5, 5.41) is 2.76. The van der Waals surface area contributed by atoms with E-state index in [0.29, 0.717) is 26.2 Å². The summed E-state index contributed by atoms with van der Waals surface area (Å²) in [7, 11) is 0. The van der Waals surface area contributed by atoms with Crippen molar-refractivity contribution in [3.63, 3.8) is 0 Å². The number of likely N-dealkylation sites (tertiary alicyclic amines) is 1. The summed E-state index contributed by atoms with van der Waals surface area (Å²) < 4.78 is 10.6. The van der Waals surface area contributed by atoms with Crippen molar-refractivity contribution < 1.29 is 19.1 Å². The monoisotopic (exact) mass is 329 g/mol. The van der Waals surface area contributed by atoms with Gasteiger partial charge in [-0.15, -0.1) is 0 Å². The van der Waals surface area contributed by atoms with Gasteiger partial charge in [-0.05, 0) is 59.9 Å². The van der Waals surface area contributed by atoms with Crippen molar-refractivity contribution in [2.24, 2.45) is 17.6 Å². The smallest absolute Gasteiger partial charge is 0.410 e. The number of amides is 2. The summed E-state index contributed by atoms with van der Waals surface area (Å²) >= 11 is 0. The minimum absolute atomic E-state index is 0.0973. The van der Waals surface area contributed by atoms with Crippen molar-refractivity contribution in [1.29, 1.82) is 0 Å². The molecule has 1 saturated heterocycles. The highest BCUT2D eigenvalue weighted by molar-refractivity contribution is 5.69. The van der Waals surface area contributed by atoms with Crippen molar-refractivity contribution >= 4 is 12.2 Å². The molecule has 0 aromatic rings. The zero-order chi connectivity index (χ0) is 17.8. The average Bonchev–Trinajstić information content (AvgIpc) is 2.75. The Morgan fingerprint density at radius 2 is 1.57 bits per heavy atom. The third-order valence-corrected chi connectivity index (χ3v) is 3.44. The number of ether oxygens (including phenoxy) is 2. The molecule has 0 radical (unpaired) electrons. The Morgan fingerprint density at radius 3 is 2.04 bits per heavy atom. The second-order valence-electron chi connectivity index (χ2n) is 8.02. The van der Waals surface area contributed by atoms with Crippen LogP contribution in [0.5, 0.6) is 0 Å². The van der Waals surface area contributed by atoms with Crippen LogP contribution in [0.2, 0.25) is 0 Å². The van der Waals surface area contributed by atoms with Crippen LogP contribution in [0.25, 0.3) is 0 Å². The van der Waals surface area contributed by atoms with Gasteiger partial charge in [-0.25, -0.2) is 9.59 Å². The lowest BCUT2D eigenvalue weighted by Gasteiger charge is -2.24. The molecule has 1 heterocycles. The van der Waals surface area contributed by atoms with Crippen LogP contribution in [0.3, 0.4) is 0 Å². The molecular formula is C16H31N3O4. The standard InChI is InChI=1S/C16H31N3O4/c1-15(2,3)22-13(20)18-8-12-10-19(9-11(12)7-17)14(21)23-16(4,5)6/h11-12H,7-10,17H2,1-6H3,(H,18,20)/t11-,12+/m0/s1. The summed E-state index contributed by atoms with van der Waals surface area (Å²) in [5.41, 5.74) is 4.74. The first kappa shape index (κ1) is 19.5. The maximum atomic E-state index is 12.1. The number of carbonyl (C=O) groups excluding carboxylic acids is 2. The van der Waals surface area contributed by atoms with E-state index in [0.717, 1.165) is 0 Å². The van der Waals surface area contributed by atoms with Gasteiger partial charge < -0.3 is 25.4 Å². The van der Waals surface area contributed by atoms with Gasteiger partial charge in [-0.1, -0.05) is 0 Å². The molecule has 1 rings (SSSR count). The van der Waals surface area contributed by atoms with Gasteiger partial charge >= 0.3 is 12.2 Å². The highest BCUT2D eigenvalue weighted by Gasteiger charge is 2.36. The number of carbonyl (C=O) groups is 2. The number of nitrogens with one attached hydrogen (secondary N) is 1. The van der Waals surface area contributed by atoms with E-state index in [9.17, 15) is 9.59 Å². The van der Waals surface area contributed by atoms with E-state index in [1.165, 1.54) is 0 Å². The summed E-state index contributed by atoms with van der Waals surface area (Å²) in [4.78, 5) is 25.5. The van der Waals surface area contributed by atoms with E-state index in [2.05, 4.69) is 5.32 Å². The molecule has 7 nitrogen and oxygen atoms in total. The Kier molecular flexibility index (Phi) is 6.27. The molecule has 0 aromatic heterocycles. The van der Waals surface area contributed by atoms with Crippen LogP contribution >= 0.6 is 0 Å². The number of alkyl carbamates (subject to hydrolysis) is 1.